The van der Waals surface area contributed by atoms with Gasteiger partial charge in [0.15, 0.2) is 0 Å². The smallest absolute Gasteiger partial charge is 0.219 e. The summed E-state index contributed by atoms with van der Waals surface area (Å²) in [5.74, 6) is 0.214. The van der Waals surface area contributed by atoms with Crippen LogP contribution in [0.25, 0.3) is 0 Å². The third kappa shape index (κ3) is 6.04. The van der Waals surface area contributed by atoms with Crippen LogP contribution in [0.1, 0.15) is 36.8 Å². The molecule has 0 aromatic heterocycles. The molecular weight excluding hydrogens is 240 g/mol. The van der Waals surface area contributed by atoms with Crippen molar-refractivity contribution < 1.29 is 9.59 Å². The molecule has 4 heteroatoms. The van der Waals surface area contributed by atoms with Crippen molar-refractivity contribution >= 4 is 12.3 Å². The first kappa shape index (κ1) is 15.2. The van der Waals surface area contributed by atoms with E-state index in [4.69, 9.17) is 4.79 Å². The number of amides is 2. The number of fused-ring (bicyclic) bond motifs is 1. The van der Waals surface area contributed by atoms with Gasteiger partial charge in [-0.05, 0) is 43.2 Å². The molecule has 0 spiro atoms. The van der Waals surface area contributed by atoms with Gasteiger partial charge in [0.05, 0.1) is 0 Å². The van der Waals surface area contributed by atoms with E-state index in [2.05, 4.69) is 35.3 Å². The molecular formula is C15H22N2O2. The monoisotopic (exact) mass is 262 g/mol. The normalized spacial score (nSPS) is 15.9. The number of hydrogen-bond donors (Lipinski definition) is 2. The summed E-state index contributed by atoms with van der Waals surface area (Å²) in [5, 5.41) is 2.74. The number of aryl methyl sites for hydroxylation is 2. The highest BCUT2D eigenvalue weighted by Crippen LogP contribution is 2.20. The maximum atomic E-state index is 10.4. The van der Waals surface area contributed by atoms with Gasteiger partial charge in [-0.25, -0.2) is 0 Å². The summed E-state index contributed by atoms with van der Waals surface area (Å²) in [4.78, 5) is 18.9. The molecule has 0 atom stereocenters. The molecule has 1 heterocycles. The number of benzene rings is 1. The van der Waals surface area contributed by atoms with E-state index in [1.54, 1.807) is 11.1 Å². The van der Waals surface area contributed by atoms with Crippen LogP contribution in [0.15, 0.2) is 24.3 Å². The Morgan fingerprint density at radius 2 is 1.58 bits per heavy atom. The second-order valence-electron chi connectivity index (χ2n) is 4.57. The van der Waals surface area contributed by atoms with Crippen LogP contribution in [0.4, 0.5) is 0 Å². The minimum Gasteiger partial charge on any atom is -0.372 e. The summed E-state index contributed by atoms with van der Waals surface area (Å²) in [7, 11) is 0. The van der Waals surface area contributed by atoms with E-state index in [0.717, 1.165) is 25.8 Å². The van der Waals surface area contributed by atoms with E-state index in [-0.39, 0.29) is 12.3 Å². The topological polar surface area (TPSA) is 72.2 Å². The number of nitrogens with one attached hydrogen (secondary N) is 1. The second kappa shape index (κ2) is 9.14. The van der Waals surface area contributed by atoms with Gasteiger partial charge >= 0.3 is 0 Å². The highest BCUT2D eigenvalue weighted by Gasteiger charge is 2.07. The molecule has 2 amide bonds. The Hall–Kier alpha value is -1.84. The Balaban J connectivity index is 0.000000162. The Morgan fingerprint density at radius 1 is 1.00 bits per heavy atom. The predicted octanol–water partition coefficient (Wildman–Crippen LogP) is 1.56. The molecule has 0 saturated carbocycles. The van der Waals surface area contributed by atoms with Crippen molar-refractivity contribution in [2.45, 2.75) is 38.5 Å². The van der Waals surface area contributed by atoms with Gasteiger partial charge in [0.2, 0.25) is 12.3 Å². The van der Waals surface area contributed by atoms with Crippen LogP contribution in [0, 0.1) is 0 Å². The molecule has 1 fully saturated rings. The van der Waals surface area contributed by atoms with Crippen LogP contribution in [0.3, 0.4) is 0 Å². The van der Waals surface area contributed by atoms with Crippen LogP contribution in [-0.2, 0) is 22.4 Å². The van der Waals surface area contributed by atoms with E-state index in [1.807, 2.05) is 0 Å². The van der Waals surface area contributed by atoms with Crippen molar-refractivity contribution in [3.05, 3.63) is 35.4 Å². The fourth-order valence-corrected chi connectivity index (χ4v) is 2.24. The largest absolute Gasteiger partial charge is 0.372 e. The van der Waals surface area contributed by atoms with Gasteiger partial charge in [-0.3, -0.25) is 9.59 Å². The molecule has 0 unspecified atom stereocenters. The zero-order valence-corrected chi connectivity index (χ0v) is 11.2. The molecule has 1 aromatic carbocycles. The van der Waals surface area contributed by atoms with Crippen molar-refractivity contribution in [3.8, 4) is 0 Å². The van der Waals surface area contributed by atoms with Crippen molar-refractivity contribution in [1.82, 2.24) is 5.32 Å². The van der Waals surface area contributed by atoms with Gasteiger partial charge < -0.3 is 11.1 Å². The van der Waals surface area contributed by atoms with E-state index >= 15 is 0 Å². The number of carbonyl (C=O) groups excluding carboxylic acids is 2. The minimum absolute atomic E-state index is 0.214. The van der Waals surface area contributed by atoms with Crippen molar-refractivity contribution in [3.63, 3.8) is 0 Å². The lowest BCUT2D eigenvalue weighted by molar-refractivity contribution is -0.122. The molecule has 19 heavy (non-hydrogen) atoms. The van der Waals surface area contributed by atoms with Crippen molar-refractivity contribution in [2.75, 3.05) is 6.54 Å². The van der Waals surface area contributed by atoms with Gasteiger partial charge in [0.1, 0.15) is 0 Å². The third-order valence-corrected chi connectivity index (χ3v) is 3.16. The summed E-state index contributed by atoms with van der Waals surface area (Å²) in [6.07, 6.45) is 7.18. The summed E-state index contributed by atoms with van der Waals surface area (Å²) in [5.41, 5.74) is 7.30. The SMILES string of the molecule is NC=O.O=C1CCCCN1.c1ccc2c(c1)CCC2. The number of nitrogens with two attached hydrogens (primary N) is 1. The van der Waals surface area contributed by atoms with Gasteiger partial charge in [-0.15, -0.1) is 0 Å². The summed E-state index contributed by atoms with van der Waals surface area (Å²) < 4.78 is 0. The lowest BCUT2D eigenvalue weighted by Gasteiger charge is -2.08. The van der Waals surface area contributed by atoms with Gasteiger partial charge in [0, 0.05) is 13.0 Å². The molecule has 104 valence electrons. The molecule has 1 saturated heterocycles. The fraction of sp³-hybridized carbons (Fsp3) is 0.467. The first-order valence-corrected chi connectivity index (χ1v) is 6.76. The van der Waals surface area contributed by atoms with E-state index in [9.17, 15) is 4.79 Å². The maximum Gasteiger partial charge on any atom is 0.219 e. The predicted molar refractivity (Wildman–Crippen MR) is 75.6 cm³/mol. The highest BCUT2D eigenvalue weighted by atomic mass is 16.1. The second-order valence-corrected chi connectivity index (χ2v) is 4.57. The quantitative estimate of drug-likeness (QED) is 0.696. The highest BCUT2D eigenvalue weighted by molar-refractivity contribution is 5.76. The van der Waals surface area contributed by atoms with E-state index in [1.165, 1.54) is 19.3 Å². The lowest BCUT2D eigenvalue weighted by atomic mass is 10.1. The standard InChI is InChI=1S/C9H10.C5H9NO.CH3NO/c1-2-5-9-7-3-6-8(9)4-1;7-5-3-1-2-4-6-5;2-1-3/h1-2,4-5H,3,6-7H2;1-4H2,(H,6,7);1H,(H2,2,3). The van der Waals surface area contributed by atoms with E-state index in [0.29, 0.717) is 0 Å². The molecule has 4 nitrogen and oxygen atoms in total. The zero-order chi connectivity index (χ0) is 13.9. The zero-order valence-electron chi connectivity index (χ0n) is 11.2. The fourth-order valence-electron chi connectivity index (χ4n) is 2.24. The molecule has 1 aliphatic carbocycles. The maximum absolute atomic E-state index is 10.4. The molecule has 3 N–H and O–H groups in total. The first-order chi connectivity index (χ1) is 9.27. The number of primary amides is 1. The number of rotatable bonds is 0. The van der Waals surface area contributed by atoms with Crippen LogP contribution in [0.2, 0.25) is 0 Å². The average Bonchev–Trinajstić information content (AvgIpc) is 2.89. The minimum atomic E-state index is 0.214. The third-order valence-electron chi connectivity index (χ3n) is 3.16. The Kier molecular flexibility index (Phi) is 7.32. The van der Waals surface area contributed by atoms with Crippen LogP contribution in [0.5, 0.6) is 0 Å². The van der Waals surface area contributed by atoms with Crippen molar-refractivity contribution in [1.29, 1.82) is 0 Å². The Bertz CT molecular complexity index is 374. The van der Waals surface area contributed by atoms with Crippen LogP contribution < -0.4 is 11.1 Å². The molecule has 0 bridgehead atoms. The molecule has 3 rings (SSSR count). The number of hydrogen-bond acceptors (Lipinski definition) is 2. The van der Waals surface area contributed by atoms with Crippen LogP contribution >= 0.6 is 0 Å². The summed E-state index contributed by atoms with van der Waals surface area (Å²) >= 11 is 0. The van der Waals surface area contributed by atoms with Crippen molar-refractivity contribution in [2.24, 2.45) is 5.73 Å². The molecule has 2 aliphatic rings. The van der Waals surface area contributed by atoms with Gasteiger partial charge in [-0.2, -0.15) is 0 Å². The lowest BCUT2D eigenvalue weighted by Crippen LogP contribution is -2.28. The van der Waals surface area contributed by atoms with E-state index < -0.39 is 0 Å². The Morgan fingerprint density at radius 3 is 1.95 bits per heavy atom. The number of carbonyl (C=O) groups is 2. The van der Waals surface area contributed by atoms with Gasteiger partial charge in [-0.1, -0.05) is 24.3 Å². The van der Waals surface area contributed by atoms with Gasteiger partial charge in [0.25, 0.3) is 0 Å². The molecule has 1 aromatic rings. The molecule has 0 radical (unpaired) electrons. The summed E-state index contributed by atoms with van der Waals surface area (Å²) in [6, 6.07) is 8.74. The van der Waals surface area contributed by atoms with Crippen LogP contribution in [-0.4, -0.2) is 18.9 Å². The Labute approximate surface area is 114 Å². The first-order valence-electron chi connectivity index (χ1n) is 6.76. The number of piperidine rings is 1. The molecule has 1 aliphatic heterocycles. The average molecular weight is 262 g/mol. The summed E-state index contributed by atoms with van der Waals surface area (Å²) in [6.45, 7) is 0.888.